The minimum absolute atomic E-state index is 0.0880. The summed E-state index contributed by atoms with van der Waals surface area (Å²) in [7, 11) is -17.2. The number of hydrogen-bond acceptors (Lipinski definition) is 13. The summed E-state index contributed by atoms with van der Waals surface area (Å²) in [4.78, 5) is 2.20. The van der Waals surface area contributed by atoms with E-state index in [2.05, 4.69) is 9.37 Å². The molecule has 326 valence electrons. The van der Waals surface area contributed by atoms with Crippen molar-refractivity contribution in [3.05, 3.63) is 95.3 Å². The maximum Gasteiger partial charge on any atom is 0.294 e. The van der Waals surface area contributed by atoms with Crippen LogP contribution in [0.1, 0.15) is 70.9 Å². The van der Waals surface area contributed by atoms with Crippen LogP contribution < -0.4 is 4.90 Å². The molecule has 2 heterocycles. The molecule has 0 fully saturated rings. The first-order valence-electron chi connectivity index (χ1n) is 18.2. The monoisotopic (exact) mass is 921 g/mol. The summed E-state index contributed by atoms with van der Waals surface area (Å²) in [5.74, 6) is -1.44. The van der Waals surface area contributed by atoms with Gasteiger partial charge in [0.15, 0.2) is 5.71 Å². The lowest BCUT2D eigenvalue weighted by molar-refractivity contribution is -0.438. The van der Waals surface area contributed by atoms with Crippen LogP contribution in [0.4, 0.5) is 11.4 Å². The Labute approximate surface area is 349 Å². The predicted molar refractivity (Wildman–Crippen MR) is 223 cm³/mol. The SMILES string of the molecule is CC1(C)C(C=CC=C(C=C/C=C2/N(CCCCS(=O)(=O)O)c3ccc(S(=O)(=O)O)cc3C2(C)C)CCS(=O)(=O)O)=[N+](CCCCS(=O)(=O)O)c2ccc(SOOO)cc21. The first-order valence-corrected chi connectivity index (χ1v) is 25.2. The van der Waals surface area contributed by atoms with Gasteiger partial charge in [-0.05, 0) is 87.1 Å². The van der Waals surface area contributed by atoms with Crippen LogP contribution in [0.5, 0.6) is 0 Å². The molecule has 0 unspecified atom stereocenters. The van der Waals surface area contributed by atoms with Crippen molar-refractivity contribution in [3.63, 3.8) is 0 Å². The van der Waals surface area contributed by atoms with E-state index in [0.717, 1.165) is 29.0 Å². The Kier molecular flexibility index (Phi) is 15.8. The Balaban J connectivity index is 1.74. The van der Waals surface area contributed by atoms with Crippen molar-refractivity contribution in [3.8, 4) is 0 Å². The van der Waals surface area contributed by atoms with E-state index >= 15 is 0 Å². The number of anilines is 1. The zero-order chi connectivity index (χ0) is 44.0. The number of benzene rings is 2. The first kappa shape index (κ1) is 48.4. The highest BCUT2D eigenvalue weighted by Gasteiger charge is 2.44. The summed E-state index contributed by atoms with van der Waals surface area (Å²) in [6.07, 6.45) is 11.3. The number of allylic oxidation sites excluding steroid dienone is 8. The van der Waals surface area contributed by atoms with Crippen molar-refractivity contribution in [1.82, 2.24) is 0 Å². The molecular weight excluding hydrogens is 873 g/mol. The van der Waals surface area contributed by atoms with Gasteiger partial charge in [0.2, 0.25) is 5.69 Å². The van der Waals surface area contributed by atoms with Crippen molar-refractivity contribution in [2.75, 3.05) is 35.2 Å². The van der Waals surface area contributed by atoms with Crippen LogP contribution >= 0.6 is 12.0 Å². The number of fused-ring (bicyclic) bond motifs is 2. The summed E-state index contributed by atoms with van der Waals surface area (Å²) in [5, 5.41) is 12.4. The molecule has 2 aromatic rings. The van der Waals surface area contributed by atoms with Gasteiger partial charge in [-0.25, -0.2) is 5.26 Å². The molecule has 0 aromatic heterocycles. The molecule has 59 heavy (non-hydrogen) atoms. The Morgan fingerprint density at radius 3 is 2.03 bits per heavy atom. The van der Waals surface area contributed by atoms with Gasteiger partial charge in [0.05, 0.1) is 39.6 Å². The van der Waals surface area contributed by atoms with E-state index < -0.39 is 68.6 Å². The fraction of sp³-hybridized carbons (Fsp3) is 0.432. The molecule has 2 aliphatic rings. The second-order valence-corrected chi connectivity index (χ2v) is 21.9. The van der Waals surface area contributed by atoms with Gasteiger partial charge in [-0.15, -0.1) is 4.33 Å². The number of hydrogen-bond donors (Lipinski definition) is 5. The summed E-state index contributed by atoms with van der Waals surface area (Å²) >= 11 is 0.791. The average Bonchev–Trinajstić information content (AvgIpc) is 3.45. The van der Waals surface area contributed by atoms with Crippen molar-refractivity contribution < 1.29 is 71.1 Å². The van der Waals surface area contributed by atoms with E-state index in [1.807, 2.05) is 55.4 Å². The van der Waals surface area contributed by atoms with Gasteiger partial charge in [-0.3, -0.25) is 18.2 Å². The minimum atomic E-state index is -4.54. The Bertz CT molecular complexity index is 2510. The highest BCUT2D eigenvalue weighted by atomic mass is 32.2. The maximum atomic E-state index is 12.0. The molecule has 0 atom stereocenters. The molecule has 5 N–H and O–H groups in total. The molecule has 2 aliphatic heterocycles. The van der Waals surface area contributed by atoms with Crippen molar-refractivity contribution in [1.29, 1.82) is 0 Å². The second kappa shape index (κ2) is 19.2. The molecule has 0 saturated carbocycles. The van der Waals surface area contributed by atoms with Gasteiger partial charge in [0, 0.05) is 52.4 Å². The Morgan fingerprint density at radius 1 is 0.780 bits per heavy atom. The minimum Gasteiger partial charge on any atom is -0.344 e. The van der Waals surface area contributed by atoms with Gasteiger partial charge in [-0.2, -0.15) is 38.2 Å². The fourth-order valence-electron chi connectivity index (χ4n) is 7.16. The van der Waals surface area contributed by atoms with Gasteiger partial charge >= 0.3 is 0 Å². The molecule has 2 aromatic carbocycles. The van der Waals surface area contributed by atoms with Crippen molar-refractivity contribution in [2.24, 2.45) is 0 Å². The van der Waals surface area contributed by atoms with Gasteiger partial charge in [-0.1, -0.05) is 43.2 Å². The summed E-state index contributed by atoms with van der Waals surface area (Å²) in [6.45, 7) is 8.32. The fourth-order valence-corrected chi connectivity index (χ4v) is 9.70. The van der Waals surface area contributed by atoms with Crippen LogP contribution in [0.3, 0.4) is 0 Å². The third-order valence-electron chi connectivity index (χ3n) is 10.0. The molecule has 0 aliphatic carbocycles. The molecule has 0 radical (unpaired) electrons. The lowest BCUT2D eigenvalue weighted by Crippen LogP contribution is -2.28. The van der Waals surface area contributed by atoms with E-state index in [9.17, 15) is 51.9 Å². The Morgan fingerprint density at radius 2 is 1.42 bits per heavy atom. The van der Waals surface area contributed by atoms with Gasteiger partial charge in [0.25, 0.3) is 40.5 Å². The highest BCUT2D eigenvalue weighted by molar-refractivity contribution is 7.94. The lowest BCUT2D eigenvalue weighted by atomic mass is 9.81. The van der Waals surface area contributed by atoms with Crippen LogP contribution in [0.25, 0.3) is 0 Å². The van der Waals surface area contributed by atoms with Crippen molar-refractivity contribution >= 4 is 69.6 Å². The molecule has 22 heteroatoms. The number of nitrogens with zero attached hydrogens (tertiary/aromatic N) is 2. The van der Waals surface area contributed by atoms with Gasteiger partial charge in [0.1, 0.15) is 6.54 Å². The van der Waals surface area contributed by atoms with Gasteiger partial charge < -0.3 is 4.90 Å². The normalized spacial score (nSPS) is 17.8. The van der Waals surface area contributed by atoms with Crippen LogP contribution in [-0.2, 0) is 60.7 Å². The second-order valence-electron chi connectivity index (χ2n) is 15.0. The highest BCUT2D eigenvalue weighted by Crippen LogP contribution is 2.48. The van der Waals surface area contributed by atoms with E-state index in [0.29, 0.717) is 46.8 Å². The smallest absolute Gasteiger partial charge is 0.294 e. The summed E-state index contributed by atoms with van der Waals surface area (Å²) in [5.41, 5.74) is 3.41. The van der Waals surface area contributed by atoms with E-state index in [1.54, 1.807) is 42.5 Å². The van der Waals surface area contributed by atoms with Crippen LogP contribution in [-0.4, -0.2) is 97.8 Å². The molecule has 4 rings (SSSR count). The summed E-state index contributed by atoms with van der Waals surface area (Å²) in [6, 6.07) is 9.64. The first-order chi connectivity index (χ1) is 27.2. The van der Waals surface area contributed by atoms with Crippen LogP contribution in [0.15, 0.2) is 93.9 Å². The molecule has 17 nitrogen and oxygen atoms in total. The van der Waals surface area contributed by atoms with E-state index in [-0.39, 0.29) is 30.7 Å². The van der Waals surface area contributed by atoms with Crippen LogP contribution in [0.2, 0.25) is 0 Å². The maximum absolute atomic E-state index is 12.0. The van der Waals surface area contributed by atoms with E-state index in [4.69, 9.17) is 5.26 Å². The quantitative estimate of drug-likeness (QED) is 0.0181. The molecule has 0 saturated heterocycles. The molecule has 0 bridgehead atoms. The zero-order valence-corrected chi connectivity index (χ0v) is 36.8. The topological polar surface area (TPSA) is 262 Å². The van der Waals surface area contributed by atoms with Crippen molar-refractivity contribution in [2.45, 2.75) is 80.4 Å². The average molecular weight is 922 g/mol. The molecule has 0 spiro atoms. The molecular formula is C37H49N2O15S5+. The Hall–Kier alpha value is -3.26. The standard InChI is InChI=1S/C37H48N2O15S5/c1-36(2)30-25-28(55-54-53-40)15-17-32(30)38(20-5-7-22-56(41,42)43)34(36)13-9-11-27(19-24-58(47,48)49)12-10-14-35-37(3,4)31-26-29(59(50,51)52)16-18-33(31)39(35)21-6-8-23-57(44,45)46/h9-18,25-26H,5-8,19-24H2,1-4H3,(H4-,40,41,42,43,44,45,46,47,48,49,50,51,52)/p+1. The predicted octanol–water partition coefficient (Wildman–Crippen LogP) is 6.07. The largest absolute Gasteiger partial charge is 0.344 e. The summed E-state index contributed by atoms with van der Waals surface area (Å²) < 4.78 is 138. The number of rotatable bonds is 21. The third kappa shape index (κ3) is 13.4. The van der Waals surface area contributed by atoms with E-state index in [1.165, 1.54) is 12.1 Å². The number of unbranched alkanes of at least 4 members (excludes halogenated alkanes) is 2. The zero-order valence-electron chi connectivity index (χ0n) is 32.8. The lowest BCUT2D eigenvalue weighted by Gasteiger charge is -2.27. The van der Waals surface area contributed by atoms with Crippen LogP contribution in [0, 0.1) is 0 Å². The molecule has 0 amide bonds. The third-order valence-corrected chi connectivity index (χ3v) is 13.8.